The fraction of sp³-hybridized carbons (Fsp3) is 0.417. The Labute approximate surface area is 104 Å². The zero-order chi connectivity index (χ0) is 13.0. The number of halogens is 1. The molecule has 2 aromatic rings. The summed E-state index contributed by atoms with van der Waals surface area (Å²) in [7, 11) is 0. The van der Waals surface area contributed by atoms with E-state index in [1.807, 2.05) is 6.92 Å². The summed E-state index contributed by atoms with van der Waals surface area (Å²) in [6.45, 7) is 4.92. The minimum Gasteiger partial charge on any atom is -0.337 e. The molecule has 0 spiro atoms. The molecule has 0 aliphatic rings. The van der Waals surface area contributed by atoms with E-state index >= 15 is 0 Å². The molecule has 0 saturated heterocycles. The van der Waals surface area contributed by atoms with Crippen LogP contribution in [0, 0.1) is 5.82 Å². The van der Waals surface area contributed by atoms with E-state index in [0.29, 0.717) is 17.4 Å². The molecule has 5 nitrogen and oxygen atoms in total. The predicted molar refractivity (Wildman–Crippen MR) is 64.2 cm³/mol. The highest BCUT2D eigenvalue weighted by molar-refractivity contribution is 5.47. The Bertz CT molecular complexity index is 497. The first-order valence-electron chi connectivity index (χ1n) is 5.89. The molecule has 1 N–H and O–H groups in total. The van der Waals surface area contributed by atoms with Gasteiger partial charge in [0.25, 0.3) is 0 Å². The van der Waals surface area contributed by atoms with E-state index in [4.69, 9.17) is 4.52 Å². The Balaban J connectivity index is 2.12. The fourth-order valence-electron chi connectivity index (χ4n) is 1.47. The SMILES string of the molecule is CCCNC(C)c1nc(-c2ccc(F)cn2)no1. The lowest BCUT2D eigenvalue weighted by molar-refractivity contribution is 0.340. The summed E-state index contributed by atoms with van der Waals surface area (Å²) in [4.78, 5) is 8.14. The third-order valence-electron chi connectivity index (χ3n) is 2.47. The minimum absolute atomic E-state index is 0.00773. The van der Waals surface area contributed by atoms with Crippen molar-refractivity contribution in [3.63, 3.8) is 0 Å². The molecule has 0 fully saturated rings. The molecule has 2 aromatic heterocycles. The van der Waals surface area contributed by atoms with E-state index in [1.54, 1.807) is 0 Å². The van der Waals surface area contributed by atoms with Crippen molar-refractivity contribution in [3.8, 4) is 11.5 Å². The van der Waals surface area contributed by atoms with Crippen LogP contribution in [0.5, 0.6) is 0 Å². The van der Waals surface area contributed by atoms with Gasteiger partial charge < -0.3 is 9.84 Å². The second-order valence-electron chi connectivity index (χ2n) is 3.99. The first kappa shape index (κ1) is 12.6. The van der Waals surface area contributed by atoms with Gasteiger partial charge in [-0.3, -0.25) is 0 Å². The predicted octanol–water partition coefficient (Wildman–Crippen LogP) is 2.33. The maximum absolute atomic E-state index is 12.7. The number of aromatic nitrogens is 3. The van der Waals surface area contributed by atoms with Gasteiger partial charge in [0.1, 0.15) is 11.5 Å². The molecule has 18 heavy (non-hydrogen) atoms. The van der Waals surface area contributed by atoms with Crippen LogP contribution in [-0.4, -0.2) is 21.7 Å². The summed E-state index contributed by atoms with van der Waals surface area (Å²) in [5.74, 6) is 0.486. The second-order valence-corrected chi connectivity index (χ2v) is 3.99. The van der Waals surface area contributed by atoms with Crippen LogP contribution in [0.4, 0.5) is 4.39 Å². The van der Waals surface area contributed by atoms with Crippen LogP contribution >= 0.6 is 0 Å². The van der Waals surface area contributed by atoms with Crippen molar-refractivity contribution in [3.05, 3.63) is 30.0 Å². The lowest BCUT2D eigenvalue weighted by atomic mass is 10.3. The average molecular weight is 250 g/mol. The minimum atomic E-state index is -0.388. The Morgan fingerprint density at radius 2 is 2.28 bits per heavy atom. The molecule has 0 aliphatic carbocycles. The first-order chi connectivity index (χ1) is 8.70. The van der Waals surface area contributed by atoms with Crippen LogP contribution in [0.15, 0.2) is 22.9 Å². The summed E-state index contributed by atoms with van der Waals surface area (Å²) < 4.78 is 17.9. The molecule has 0 radical (unpaired) electrons. The summed E-state index contributed by atoms with van der Waals surface area (Å²) in [5, 5.41) is 7.08. The first-order valence-corrected chi connectivity index (χ1v) is 5.89. The Kier molecular flexibility index (Phi) is 3.99. The van der Waals surface area contributed by atoms with E-state index < -0.39 is 0 Å². The third-order valence-corrected chi connectivity index (χ3v) is 2.47. The van der Waals surface area contributed by atoms with E-state index in [2.05, 4.69) is 27.4 Å². The lowest BCUT2D eigenvalue weighted by Gasteiger charge is -2.06. The molecule has 1 unspecified atom stereocenters. The monoisotopic (exact) mass is 250 g/mol. The van der Waals surface area contributed by atoms with E-state index in [9.17, 15) is 4.39 Å². The van der Waals surface area contributed by atoms with Crippen molar-refractivity contribution in [2.45, 2.75) is 26.3 Å². The average Bonchev–Trinajstić information content (AvgIpc) is 2.86. The van der Waals surface area contributed by atoms with Gasteiger partial charge in [-0.05, 0) is 32.0 Å². The second kappa shape index (κ2) is 5.68. The number of hydrogen-bond acceptors (Lipinski definition) is 5. The van der Waals surface area contributed by atoms with Gasteiger partial charge in [-0.25, -0.2) is 9.37 Å². The summed E-state index contributed by atoms with van der Waals surface area (Å²) in [5.41, 5.74) is 0.495. The fourth-order valence-corrected chi connectivity index (χ4v) is 1.47. The van der Waals surface area contributed by atoms with Crippen LogP contribution < -0.4 is 5.32 Å². The highest BCUT2D eigenvalue weighted by atomic mass is 19.1. The highest BCUT2D eigenvalue weighted by Gasteiger charge is 2.14. The van der Waals surface area contributed by atoms with E-state index in [-0.39, 0.29) is 11.9 Å². The molecule has 6 heteroatoms. The van der Waals surface area contributed by atoms with Gasteiger partial charge in [-0.2, -0.15) is 4.98 Å². The molecule has 1 atom stereocenters. The van der Waals surface area contributed by atoms with Gasteiger partial charge in [0.05, 0.1) is 12.2 Å². The van der Waals surface area contributed by atoms with Crippen molar-refractivity contribution in [1.82, 2.24) is 20.4 Å². The van der Waals surface area contributed by atoms with Crippen LogP contribution in [0.1, 0.15) is 32.2 Å². The summed E-state index contributed by atoms with van der Waals surface area (Å²) in [6.07, 6.45) is 2.16. The molecule has 96 valence electrons. The van der Waals surface area contributed by atoms with Gasteiger partial charge in [0.2, 0.25) is 11.7 Å². The largest absolute Gasteiger partial charge is 0.337 e. The zero-order valence-corrected chi connectivity index (χ0v) is 10.4. The maximum atomic E-state index is 12.7. The summed E-state index contributed by atoms with van der Waals surface area (Å²) in [6, 6.07) is 2.83. The normalized spacial score (nSPS) is 12.6. The molecule has 0 aromatic carbocycles. The molecular weight excluding hydrogens is 235 g/mol. The van der Waals surface area contributed by atoms with Crippen LogP contribution in [-0.2, 0) is 0 Å². The van der Waals surface area contributed by atoms with Crippen molar-refractivity contribution in [2.75, 3.05) is 6.54 Å². The Morgan fingerprint density at radius 3 is 2.94 bits per heavy atom. The number of nitrogens with one attached hydrogen (secondary N) is 1. The number of nitrogens with zero attached hydrogens (tertiary/aromatic N) is 3. The Morgan fingerprint density at radius 1 is 1.44 bits per heavy atom. The molecule has 0 amide bonds. The van der Waals surface area contributed by atoms with Crippen LogP contribution in [0.25, 0.3) is 11.5 Å². The topological polar surface area (TPSA) is 63.8 Å². The zero-order valence-electron chi connectivity index (χ0n) is 10.4. The third kappa shape index (κ3) is 2.89. The molecular formula is C12H15FN4O. The van der Waals surface area contributed by atoms with Crippen molar-refractivity contribution in [1.29, 1.82) is 0 Å². The molecule has 0 saturated carbocycles. The van der Waals surface area contributed by atoms with Crippen molar-refractivity contribution >= 4 is 0 Å². The van der Waals surface area contributed by atoms with E-state index in [1.165, 1.54) is 12.1 Å². The maximum Gasteiger partial charge on any atom is 0.243 e. The summed E-state index contributed by atoms with van der Waals surface area (Å²) >= 11 is 0. The van der Waals surface area contributed by atoms with Gasteiger partial charge in [0.15, 0.2) is 0 Å². The number of pyridine rings is 1. The quantitative estimate of drug-likeness (QED) is 0.882. The van der Waals surface area contributed by atoms with Gasteiger partial charge in [0, 0.05) is 0 Å². The van der Waals surface area contributed by atoms with Crippen LogP contribution in [0.2, 0.25) is 0 Å². The molecule has 2 rings (SSSR count). The van der Waals surface area contributed by atoms with Gasteiger partial charge >= 0.3 is 0 Å². The van der Waals surface area contributed by atoms with Crippen LogP contribution in [0.3, 0.4) is 0 Å². The lowest BCUT2D eigenvalue weighted by Crippen LogP contribution is -2.19. The molecule has 2 heterocycles. The van der Waals surface area contributed by atoms with E-state index in [0.717, 1.165) is 19.2 Å². The number of rotatable bonds is 5. The standard InChI is InChI=1S/C12H15FN4O/c1-3-6-14-8(2)12-16-11(17-18-12)10-5-4-9(13)7-15-10/h4-5,7-8,14H,3,6H2,1-2H3. The highest BCUT2D eigenvalue weighted by Crippen LogP contribution is 2.16. The number of hydrogen-bond donors (Lipinski definition) is 1. The molecule has 0 bridgehead atoms. The smallest absolute Gasteiger partial charge is 0.243 e. The molecule has 0 aliphatic heterocycles. The van der Waals surface area contributed by atoms with Crippen molar-refractivity contribution < 1.29 is 8.91 Å². The van der Waals surface area contributed by atoms with Gasteiger partial charge in [-0.1, -0.05) is 12.1 Å². The van der Waals surface area contributed by atoms with Gasteiger partial charge in [-0.15, -0.1) is 0 Å². The Hall–Kier alpha value is -1.82. The van der Waals surface area contributed by atoms with Crippen molar-refractivity contribution in [2.24, 2.45) is 0 Å².